The molecular formula is C29H19N3O2. The topological polar surface area (TPSA) is 74.8 Å². The molecule has 0 bridgehead atoms. The minimum Gasteiger partial charge on any atom is -0.354 e. The maximum Gasteiger partial charge on any atom is 0.259 e. The van der Waals surface area contributed by atoms with Crippen LogP contribution in [0.3, 0.4) is 0 Å². The zero-order valence-electron chi connectivity index (χ0n) is 18.2. The predicted molar refractivity (Wildman–Crippen MR) is 134 cm³/mol. The lowest BCUT2D eigenvalue weighted by atomic mass is 9.80. The van der Waals surface area contributed by atoms with Crippen LogP contribution >= 0.6 is 0 Å². The molecule has 34 heavy (non-hydrogen) atoms. The summed E-state index contributed by atoms with van der Waals surface area (Å²) >= 11 is 0. The van der Waals surface area contributed by atoms with Crippen molar-refractivity contribution in [3.63, 3.8) is 0 Å². The summed E-state index contributed by atoms with van der Waals surface area (Å²) in [6.45, 7) is 0. The third kappa shape index (κ3) is 2.64. The van der Waals surface area contributed by atoms with Crippen LogP contribution in [-0.2, 0) is 12.8 Å². The second kappa shape index (κ2) is 6.99. The number of aromatic nitrogens is 2. The highest BCUT2D eigenvalue weighted by molar-refractivity contribution is 6.32. The summed E-state index contributed by atoms with van der Waals surface area (Å²) in [5, 5.41) is 4.30. The molecule has 0 saturated heterocycles. The third-order valence-electron chi connectivity index (χ3n) is 6.92. The average Bonchev–Trinajstić information content (AvgIpc) is 3.39. The Kier molecular flexibility index (Phi) is 3.91. The molecule has 2 N–H and O–H groups in total. The molecule has 2 aliphatic rings. The Morgan fingerprint density at radius 3 is 2.56 bits per heavy atom. The van der Waals surface area contributed by atoms with Crippen LogP contribution in [0.25, 0.3) is 45.1 Å². The fourth-order valence-electron chi connectivity index (χ4n) is 5.46. The number of aryl methyl sites for hydroxylation is 1. The zero-order valence-corrected chi connectivity index (χ0v) is 18.2. The molecule has 3 heterocycles. The Hall–Kier alpha value is -4.51. The van der Waals surface area contributed by atoms with E-state index in [0.29, 0.717) is 11.1 Å². The van der Waals surface area contributed by atoms with Crippen LogP contribution in [0.4, 0.5) is 0 Å². The zero-order chi connectivity index (χ0) is 22.8. The quantitative estimate of drug-likeness (QED) is 0.354. The third-order valence-corrected chi connectivity index (χ3v) is 6.92. The van der Waals surface area contributed by atoms with E-state index in [1.54, 1.807) is 6.20 Å². The van der Waals surface area contributed by atoms with Crippen molar-refractivity contribution in [2.45, 2.75) is 12.8 Å². The Morgan fingerprint density at radius 2 is 1.68 bits per heavy atom. The number of H-pyrrole nitrogens is 1. The number of nitrogens with zero attached hydrogens (tertiary/aromatic N) is 1. The van der Waals surface area contributed by atoms with Gasteiger partial charge < -0.3 is 4.98 Å². The summed E-state index contributed by atoms with van der Waals surface area (Å²) in [7, 11) is 0. The minimum atomic E-state index is -0.318. The first-order valence-electron chi connectivity index (χ1n) is 11.4. The van der Waals surface area contributed by atoms with Gasteiger partial charge in [0.25, 0.3) is 11.8 Å². The summed E-state index contributed by atoms with van der Waals surface area (Å²) < 4.78 is 0. The molecule has 0 saturated carbocycles. The van der Waals surface area contributed by atoms with E-state index in [1.165, 1.54) is 5.56 Å². The molecule has 5 aromatic rings. The fourth-order valence-corrected chi connectivity index (χ4v) is 5.46. The van der Waals surface area contributed by atoms with Gasteiger partial charge in [-0.25, -0.2) is 0 Å². The van der Waals surface area contributed by atoms with E-state index in [9.17, 15) is 9.59 Å². The average molecular weight is 441 g/mol. The molecule has 162 valence electrons. The van der Waals surface area contributed by atoms with Crippen LogP contribution in [0, 0.1) is 0 Å². The largest absolute Gasteiger partial charge is 0.354 e. The van der Waals surface area contributed by atoms with E-state index in [1.807, 2.05) is 48.6 Å². The smallest absolute Gasteiger partial charge is 0.259 e. The molecule has 0 fully saturated rings. The van der Waals surface area contributed by atoms with Gasteiger partial charge in [-0.15, -0.1) is 0 Å². The molecule has 3 aromatic carbocycles. The number of carbonyl (C=O) groups excluding carboxylic acids is 2. The summed E-state index contributed by atoms with van der Waals surface area (Å²) in [5.41, 5.74) is 9.17. The lowest BCUT2D eigenvalue weighted by molar-refractivity contribution is 0.0880. The van der Waals surface area contributed by atoms with E-state index < -0.39 is 0 Å². The molecule has 0 unspecified atom stereocenters. The monoisotopic (exact) mass is 441 g/mol. The second-order valence-electron chi connectivity index (χ2n) is 8.81. The summed E-state index contributed by atoms with van der Waals surface area (Å²) in [6, 6.07) is 20.3. The number of amides is 2. The van der Waals surface area contributed by atoms with Crippen LogP contribution in [-0.4, -0.2) is 21.8 Å². The Bertz CT molecular complexity index is 1710. The van der Waals surface area contributed by atoms with Gasteiger partial charge in [0.05, 0.1) is 22.3 Å². The number of hydrogen-bond acceptors (Lipinski definition) is 3. The number of hydrogen-bond donors (Lipinski definition) is 2. The molecule has 2 aromatic heterocycles. The van der Waals surface area contributed by atoms with Crippen molar-refractivity contribution in [3.05, 3.63) is 100 Å². The van der Waals surface area contributed by atoms with Crippen molar-refractivity contribution in [2.75, 3.05) is 0 Å². The van der Waals surface area contributed by atoms with Crippen molar-refractivity contribution < 1.29 is 9.59 Å². The number of aromatic amines is 1. The number of rotatable bonds is 2. The van der Waals surface area contributed by atoms with Crippen LogP contribution in [0.5, 0.6) is 0 Å². The molecule has 7 rings (SSSR count). The number of carbonyl (C=O) groups is 2. The molecule has 5 nitrogen and oxygen atoms in total. The first-order chi connectivity index (χ1) is 16.7. The van der Waals surface area contributed by atoms with Gasteiger partial charge in [0.1, 0.15) is 0 Å². The summed E-state index contributed by atoms with van der Waals surface area (Å²) in [5.74, 6) is -0.611. The molecule has 5 heteroatoms. The second-order valence-corrected chi connectivity index (χ2v) is 8.81. The highest BCUT2D eigenvalue weighted by Gasteiger charge is 2.37. The van der Waals surface area contributed by atoms with Gasteiger partial charge in [0.2, 0.25) is 0 Å². The van der Waals surface area contributed by atoms with Gasteiger partial charge in [0, 0.05) is 28.0 Å². The maximum atomic E-state index is 13.0. The van der Waals surface area contributed by atoms with Crippen molar-refractivity contribution in [3.8, 4) is 11.1 Å². The number of imide groups is 1. The number of fused-ring (bicyclic) bond motifs is 10. The lowest BCUT2D eigenvalue weighted by Crippen LogP contribution is -2.20. The Morgan fingerprint density at radius 1 is 0.824 bits per heavy atom. The van der Waals surface area contributed by atoms with Gasteiger partial charge in [-0.1, -0.05) is 42.5 Å². The Balaban J connectivity index is 1.54. The standard InChI is InChI=1S/C29H19N3O2/c33-28-25-20-12-10-17-5-1-2-7-19(17)23(20)27-24(26(25)29(34)32-28)21-15-16(9-13-22(21)31-27)8-11-18-6-3-4-14-30-18/h1-9,11,13-15,31H,10,12H2,(H,32,33,34)/b11-8+. The molecule has 1 aliphatic carbocycles. The van der Waals surface area contributed by atoms with Crippen LogP contribution < -0.4 is 5.32 Å². The lowest BCUT2D eigenvalue weighted by Gasteiger charge is -2.22. The van der Waals surface area contributed by atoms with Crippen molar-refractivity contribution >= 4 is 45.8 Å². The van der Waals surface area contributed by atoms with Gasteiger partial charge in [-0.3, -0.25) is 19.9 Å². The molecule has 0 spiro atoms. The van der Waals surface area contributed by atoms with Gasteiger partial charge in [-0.2, -0.15) is 0 Å². The Labute approximate surface area is 195 Å². The van der Waals surface area contributed by atoms with Crippen LogP contribution in [0.15, 0.2) is 66.9 Å². The molecular weight excluding hydrogens is 422 g/mol. The number of nitrogens with one attached hydrogen (secondary N) is 2. The maximum absolute atomic E-state index is 13.0. The normalized spacial score (nSPS) is 14.5. The van der Waals surface area contributed by atoms with E-state index >= 15 is 0 Å². The summed E-state index contributed by atoms with van der Waals surface area (Å²) in [6.07, 6.45) is 7.33. The van der Waals surface area contributed by atoms with E-state index in [2.05, 4.69) is 39.6 Å². The van der Waals surface area contributed by atoms with Gasteiger partial charge >= 0.3 is 0 Å². The SMILES string of the molecule is O=C1NC(=O)c2c1c1c(c3[nH]c4ccc(/C=C/c5ccccn5)cc4c23)-c2ccccc2CC1. The first-order valence-corrected chi connectivity index (χ1v) is 11.4. The van der Waals surface area contributed by atoms with Gasteiger partial charge in [0.15, 0.2) is 0 Å². The molecule has 0 radical (unpaired) electrons. The summed E-state index contributed by atoms with van der Waals surface area (Å²) in [4.78, 5) is 33.9. The molecule has 2 amide bonds. The highest BCUT2D eigenvalue weighted by Crippen LogP contribution is 2.45. The number of pyridine rings is 1. The van der Waals surface area contributed by atoms with E-state index in [0.717, 1.165) is 62.6 Å². The number of benzene rings is 3. The fraction of sp³-hybridized carbons (Fsp3) is 0.0690. The van der Waals surface area contributed by atoms with Crippen molar-refractivity contribution in [1.82, 2.24) is 15.3 Å². The van der Waals surface area contributed by atoms with Crippen molar-refractivity contribution in [1.29, 1.82) is 0 Å². The first kappa shape index (κ1) is 19.0. The van der Waals surface area contributed by atoms with Crippen LogP contribution in [0.1, 0.15) is 43.1 Å². The highest BCUT2D eigenvalue weighted by atomic mass is 16.2. The van der Waals surface area contributed by atoms with E-state index in [4.69, 9.17) is 0 Å². The van der Waals surface area contributed by atoms with E-state index in [-0.39, 0.29) is 11.8 Å². The minimum absolute atomic E-state index is 0.293. The predicted octanol–water partition coefficient (Wildman–Crippen LogP) is 5.54. The molecule has 0 atom stereocenters. The molecule has 1 aliphatic heterocycles. The van der Waals surface area contributed by atoms with Crippen molar-refractivity contribution in [2.24, 2.45) is 0 Å². The van der Waals surface area contributed by atoms with Crippen LogP contribution in [0.2, 0.25) is 0 Å². The van der Waals surface area contributed by atoms with Gasteiger partial charge in [-0.05, 0) is 65.4 Å².